The molecule has 0 spiro atoms. The Hall–Kier alpha value is -1.72. The van der Waals surface area contributed by atoms with Crippen LogP contribution in [0.2, 0.25) is 0 Å². The van der Waals surface area contributed by atoms with Crippen LogP contribution in [0.25, 0.3) is 10.9 Å². The van der Waals surface area contributed by atoms with Crippen LogP contribution >= 0.6 is 12.2 Å². The first-order valence-electron chi connectivity index (χ1n) is 7.20. The maximum Gasteiger partial charge on any atom is 0.136 e. The highest BCUT2D eigenvalue weighted by atomic mass is 32.1. The third kappa shape index (κ3) is 2.99. The number of para-hydroxylation sites is 1. The first kappa shape index (κ1) is 14.2. The Balaban J connectivity index is 1.88. The zero-order valence-corrected chi connectivity index (χ0v) is 12.8. The smallest absolute Gasteiger partial charge is 0.136 e. The standard InChI is InChI=1S/C16H19N3OS/c1-10-12(6-7-20-10)9-18-16-13(15(17)21)8-11-4-2-3-5-14(11)19-16/h2-5,8,10,12H,6-7,9H2,1H3,(H2,17,21)(H,18,19). The predicted molar refractivity (Wildman–Crippen MR) is 89.6 cm³/mol. The number of anilines is 1. The molecule has 0 bridgehead atoms. The molecule has 110 valence electrons. The quantitative estimate of drug-likeness (QED) is 0.850. The highest BCUT2D eigenvalue weighted by Crippen LogP contribution is 2.24. The Bertz CT molecular complexity index is 674. The lowest BCUT2D eigenvalue weighted by Gasteiger charge is -2.17. The topological polar surface area (TPSA) is 60.2 Å². The summed E-state index contributed by atoms with van der Waals surface area (Å²) < 4.78 is 5.59. The van der Waals surface area contributed by atoms with Crippen molar-refractivity contribution in [3.63, 3.8) is 0 Å². The molecule has 1 aromatic heterocycles. The molecule has 3 rings (SSSR count). The van der Waals surface area contributed by atoms with Gasteiger partial charge in [-0.3, -0.25) is 0 Å². The number of pyridine rings is 1. The molecule has 1 fully saturated rings. The van der Waals surface area contributed by atoms with Crippen molar-refractivity contribution in [1.82, 2.24) is 4.98 Å². The number of thiocarbonyl (C=S) groups is 1. The Kier molecular flexibility index (Phi) is 4.03. The number of nitrogens with two attached hydrogens (primary N) is 1. The zero-order chi connectivity index (χ0) is 14.8. The molecule has 2 heterocycles. The Morgan fingerprint density at radius 2 is 2.29 bits per heavy atom. The average Bonchev–Trinajstić information content (AvgIpc) is 2.89. The third-order valence-electron chi connectivity index (χ3n) is 4.05. The van der Waals surface area contributed by atoms with E-state index in [1.165, 1.54) is 0 Å². The van der Waals surface area contributed by atoms with E-state index in [2.05, 4.69) is 17.2 Å². The number of hydrogen-bond donors (Lipinski definition) is 2. The van der Waals surface area contributed by atoms with E-state index in [0.29, 0.717) is 10.9 Å². The summed E-state index contributed by atoms with van der Waals surface area (Å²) in [5.41, 5.74) is 7.59. The van der Waals surface area contributed by atoms with Crippen molar-refractivity contribution in [1.29, 1.82) is 0 Å². The minimum absolute atomic E-state index is 0.284. The number of ether oxygens (including phenoxy) is 1. The van der Waals surface area contributed by atoms with E-state index in [-0.39, 0.29) is 6.10 Å². The molecule has 1 aliphatic rings. The number of fused-ring (bicyclic) bond motifs is 1. The molecule has 0 aliphatic carbocycles. The van der Waals surface area contributed by atoms with E-state index in [0.717, 1.165) is 41.9 Å². The van der Waals surface area contributed by atoms with E-state index >= 15 is 0 Å². The van der Waals surface area contributed by atoms with Crippen LogP contribution in [0.5, 0.6) is 0 Å². The third-order valence-corrected chi connectivity index (χ3v) is 4.27. The van der Waals surface area contributed by atoms with Crippen LogP contribution in [0.4, 0.5) is 5.82 Å². The summed E-state index contributed by atoms with van der Waals surface area (Å²) in [6.07, 6.45) is 1.36. The second-order valence-electron chi connectivity index (χ2n) is 5.45. The molecule has 4 nitrogen and oxygen atoms in total. The fourth-order valence-corrected chi connectivity index (χ4v) is 2.87. The summed E-state index contributed by atoms with van der Waals surface area (Å²) in [7, 11) is 0. The average molecular weight is 301 g/mol. The fourth-order valence-electron chi connectivity index (χ4n) is 2.71. The molecular weight excluding hydrogens is 282 g/mol. The van der Waals surface area contributed by atoms with Crippen LogP contribution in [0.1, 0.15) is 18.9 Å². The number of nitrogens with one attached hydrogen (secondary N) is 1. The van der Waals surface area contributed by atoms with E-state index in [1.807, 2.05) is 30.3 Å². The Morgan fingerprint density at radius 1 is 1.48 bits per heavy atom. The molecular formula is C16H19N3OS. The molecule has 1 aliphatic heterocycles. The minimum Gasteiger partial charge on any atom is -0.389 e. The van der Waals surface area contributed by atoms with Gasteiger partial charge < -0.3 is 15.8 Å². The molecule has 0 radical (unpaired) electrons. The Morgan fingerprint density at radius 3 is 3.00 bits per heavy atom. The van der Waals surface area contributed by atoms with Crippen molar-refractivity contribution in [2.24, 2.45) is 11.7 Å². The maximum atomic E-state index is 5.84. The fraction of sp³-hybridized carbons (Fsp3) is 0.375. The van der Waals surface area contributed by atoms with Gasteiger partial charge in [0.25, 0.3) is 0 Å². The van der Waals surface area contributed by atoms with Gasteiger partial charge in [-0.05, 0) is 25.5 Å². The summed E-state index contributed by atoms with van der Waals surface area (Å²) in [4.78, 5) is 5.03. The van der Waals surface area contributed by atoms with Gasteiger partial charge >= 0.3 is 0 Å². The van der Waals surface area contributed by atoms with Gasteiger partial charge in [0.1, 0.15) is 10.8 Å². The number of benzene rings is 1. The molecule has 0 amide bonds. The van der Waals surface area contributed by atoms with Gasteiger partial charge in [-0.1, -0.05) is 30.4 Å². The summed E-state index contributed by atoms with van der Waals surface area (Å²) in [6.45, 7) is 3.77. The lowest BCUT2D eigenvalue weighted by atomic mass is 10.0. The number of nitrogens with zero attached hydrogens (tertiary/aromatic N) is 1. The molecule has 1 aromatic carbocycles. The van der Waals surface area contributed by atoms with Gasteiger partial charge in [-0.2, -0.15) is 0 Å². The monoisotopic (exact) mass is 301 g/mol. The number of aromatic nitrogens is 1. The first-order valence-corrected chi connectivity index (χ1v) is 7.61. The highest BCUT2D eigenvalue weighted by molar-refractivity contribution is 7.80. The molecule has 3 N–H and O–H groups in total. The van der Waals surface area contributed by atoms with Crippen LogP contribution in [0.15, 0.2) is 30.3 Å². The largest absolute Gasteiger partial charge is 0.389 e. The van der Waals surface area contributed by atoms with Gasteiger partial charge in [-0.15, -0.1) is 0 Å². The van der Waals surface area contributed by atoms with Crippen LogP contribution in [0, 0.1) is 5.92 Å². The van der Waals surface area contributed by atoms with E-state index in [4.69, 9.17) is 22.7 Å². The number of hydrogen-bond acceptors (Lipinski definition) is 4. The van der Waals surface area contributed by atoms with E-state index in [9.17, 15) is 0 Å². The molecule has 2 aromatic rings. The summed E-state index contributed by atoms with van der Waals surface area (Å²) >= 11 is 5.16. The zero-order valence-electron chi connectivity index (χ0n) is 12.0. The molecule has 0 saturated carbocycles. The van der Waals surface area contributed by atoms with Gasteiger partial charge in [0, 0.05) is 24.5 Å². The van der Waals surface area contributed by atoms with Crippen molar-refractivity contribution >= 4 is 33.9 Å². The summed E-state index contributed by atoms with van der Waals surface area (Å²) in [5, 5.41) is 4.45. The van der Waals surface area contributed by atoms with Crippen molar-refractivity contribution in [2.75, 3.05) is 18.5 Å². The SMILES string of the molecule is CC1OCCC1CNc1nc2ccccc2cc1C(N)=S. The summed E-state index contributed by atoms with van der Waals surface area (Å²) in [6, 6.07) is 9.97. The predicted octanol–water partition coefficient (Wildman–Crippen LogP) is 2.71. The molecule has 1 saturated heterocycles. The van der Waals surface area contributed by atoms with Crippen molar-refractivity contribution in [2.45, 2.75) is 19.4 Å². The lowest BCUT2D eigenvalue weighted by Crippen LogP contribution is -2.23. The van der Waals surface area contributed by atoms with Gasteiger partial charge in [0.05, 0.1) is 17.2 Å². The summed E-state index contributed by atoms with van der Waals surface area (Å²) in [5.74, 6) is 1.26. The minimum atomic E-state index is 0.284. The highest BCUT2D eigenvalue weighted by Gasteiger charge is 2.24. The van der Waals surface area contributed by atoms with Crippen molar-refractivity contribution in [3.05, 3.63) is 35.9 Å². The van der Waals surface area contributed by atoms with Crippen LogP contribution in [-0.4, -0.2) is 29.2 Å². The second kappa shape index (κ2) is 5.95. The van der Waals surface area contributed by atoms with Gasteiger partial charge in [0.2, 0.25) is 0 Å². The first-order chi connectivity index (χ1) is 10.1. The van der Waals surface area contributed by atoms with Gasteiger partial charge in [0.15, 0.2) is 0 Å². The van der Waals surface area contributed by atoms with Crippen molar-refractivity contribution in [3.8, 4) is 0 Å². The van der Waals surface area contributed by atoms with Crippen LogP contribution in [0.3, 0.4) is 0 Å². The molecule has 2 unspecified atom stereocenters. The second-order valence-corrected chi connectivity index (χ2v) is 5.89. The lowest BCUT2D eigenvalue weighted by molar-refractivity contribution is 0.108. The van der Waals surface area contributed by atoms with Gasteiger partial charge in [-0.25, -0.2) is 4.98 Å². The number of rotatable bonds is 4. The Labute approximate surface area is 129 Å². The van der Waals surface area contributed by atoms with Crippen molar-refractivity contribution < 1.29 is 4.74 Å². The molecule has 2 atom stereocenters. The van der Waals surface area contributed by atoms with Crippen LogP contribution in [-0.2, 0) is 4.74 Å². The van der Waals surface area contributed by atoms with Crippen LogP contribution < -0.4 is 11.1 Å². The normalized spacial score (nSPS) is 21.6. The maximum absolute atomic E-state index is 5.84. The molecule has 21 heavy (non-hydrogen) atoms. The van der Waals surface area contributed by atoms with E-state index < -0.39 is 0 Å². The molecule has 5 heteroatoms. The van der Waals surface area contributed by atoms with E-state index in [1.54, 1.807) is 0 Å².